The molecule has 5 nitrogen and oxygen atoms in total. The number of anilines is 2. The fourth-order valence-electron chi connectivity index (χ4n) is 2.84. The Morgan fingerprint density at radius 3 is 2.62 bits per heavy atom. The number of nitrogens with two attached hydrogens (primary N) is 1. The third-order valence-electron chi connectivity index (χ3n) is 4.10. The summed E-state index contributed by atoms with van der Waals surface area (Å²) in [7, 11) is 0. The second-order valence-corrected chi connectivity index (χ2v) is 5.81. The number of nitrogens with zero attached hydrogens (tertiary/aromatic N) is 1. The topological polar surface area (TPSA) is 70.4 Å². The molecular weight excluding hydrogens is 264 g/mol. The molecular formula is C16H26N4O. The summed E-state index contributed by atoms with van der Waals surface area (Å²) in [6.07, 6.45) is 3.61. The molecule has 2 rings (SSSR count). The van der Waals surface area contributed by atoms with Crippen LogP contribution in [0.5, 0.6) is 0 Å². The van der Waals surface area contributed by atoms with Crippen LogP contribution in [0.15, 0.2) is 18.2 Å². The standard InChI is InChI=1S/C16H26N4O/c1-4-18-16(21)13-8-9-14(17)15(10-13)19-20-11(2)6-5-7-12(20)3/h8-12,19H,4-7,17H2,1-3H3,(H,18,21). The van der Waals surface area contributed by atoms with E-state index in [1.165, 1.54) is 19.3 Å². The Labute approximate surface area is 126 Å². The van der Waals surface area contributed by atoms with Crippen molar-refractivity contribution in [2.75, 3.05) is 17.7 Å². The molecule has 116 valence electrons. The highest BCUT2D eigenvalue weighted by molar-refractivity contribution is 5.96. The summed E-state index contributed by atoms with van der Waals surface area (Å²) >= 11 is 0. The molecule has 1 aliphatic heterocycles. The van der Waals surface area contributed by atoms with E-state index < -0.39 is 0 Å². The Morgan fingerprint density at radius 2 is 2.00 bits per heavy atom. The number of hydrogen-bond donors (Lipinski definition) is 3. The molecule has 1 heterocycles. The quantitative estimate of drug-likeness (QED) is 0.746. The van der Waals surface area contributed by atoms with Crippen molar-refractivity contribution in [3.8, 4) is 0 Å². The van der Waals surface area contributed by atoms with Crippen LogP contribution >= 0.6 is 0 Å². The van der Waals surface area contributed by atoms with E-state index in [-0.39, 0.29) is 5.91 Å². The van der Waals surface area contributed by atoms with Crippen molar-refractivity contribution < 1.29 is 4.79 Å². The summed E-state index contributed by atoms with van der Waals surface area (Å²) in [5.74, 6) is -0.0692. The van der Waals surface area contributed by atoms with Crippen molar-refractivity contribution in [1.82, 2.24) is 10.3 Å². The Bertz CT molecular complexity index is 493. The molecule has 1 fully saturated rings. The van der Waals surface area contributed by atoms with Gasteiger partial charge in [-0.25, -0.2) is 5.01 Å². The predicted octanol–water partition coefficient (Wildman–Crippen LogP) is 2.61. The van der Waals surface area contributed by atoms with Gasteiger partial charge < -0.3 is 16.5 Å². The van der Waals surface area contributed by atoms with E-state index in [1.54, 1.807) is 12.1 Å². The van der Waals surface area contributed by atoms with Crippen LogP contribution in [0.4, 0.5) is 11.4 Å². The maximum Gasteiger partial charge on any atom is 0.251 e. The number of piperidine rings is 1. The fourth-order valence-corrected chi connectivity index (χ4v) is 2.84. The summed E-state index contributed by atoms with van der Waals surface area (Å²) in [6, 6.07) is 6.29. The fraction of sp³-hybridized carbons (Fsp3) is 0.562. The van der Waals surface area contributed by atoms with Crippen molar-refractivity contribution in [3.05, 3.63) is 23.8 Å². The summed E-state index contributed by atoms with van der Waals surface area (Å²) < 4.78 is 0. The van der Waals surface area contributed by atoms with Gasteiger partial charge >= 0.3 is 0 Å². The first-order valence-corrected chi connectivity index (χ1v) is 7.75. The molecule has 1 amide bonds. The number of carbonyl (C=O) groups is 1. The smallest absolute Gasteiger partial charge is 0.251 e. The van der Waals surface area contributed by atoms with Crippen molar-refractivity contribution >= 4 is 17.3 Å². The predicted molar refractivity (Wildman–Crippen MR) is 87.1 cm³/mol. The number of hydrazine groups is 1. The van der Waals surface area contributed by atoms with E-state index in [1.807, 2.05) is 13.0 Å². The third kappa shape index (κ3) is 3.67. The van der Waals surface area contributed by atoms with Crippen LogP contribution in [0, 0.1) is 0 Å². The largest absolute Gasteiger partial charge is 0.397 e. The SMILES string of the molecule is CCNC(=O)c1ccc(N)c(NN2C(C)CCCC2C)c1. The van der Waals surface area contributed by atoms with Crippen molar-refractivity contribution in [2.45, 2.75) is 52.1 Å². The number of nitrogens with one attached hydrogen (secondary N) is 2. The van der Waals surface area contributed by atoms with E-state index in [2.05, 4.69) is 29.6 Å². The van der Waals surface area contributed by atoms with Gasteiger partial charge in [-0.05, 0) is 51.8 Å². The normalized spacial score (nSPS) is 22.8. The molecule has 0 radical (unpaired) electrons. The second kappa shape index (κ2) is 6.80. The van der Waals surface area contributed by atoms with Crippen LogP contribution in [0.3, 0.4) is 0 Å². The van der Waals surface area contributed by atoms with E-state index in [9.17, 15) is 4.79 Å². The van der Waals surface area contributed by atoms with Gasteiger partial charge in [0.1, 0.15) is 0 Å². The van der Waals surface area contributed by atoms with Gasteiger partial charge in [-0.3, -0.25) is 4.79 Å². The number of nitrogen functional groups attached to an aromatic ring is 1. The number of hydrogen-bond acceptors (Lipinski definition) is 4. The number of benzene rings is 1. The second-order valence-electron chi connectivity index (χ2n) is 5.81. The maximum atomic E-state index is 11.9. The van der Waals surface area contributed by atoms with Crippen LogP contribution in [-0.2, 0) is 0 Å². The van der Waals surface area contributed by atoms with E-state index in [0.717, 1.165) is 5.69 Å². The Balaban J connectivity index is 2.18. The van der Waals surface area contributed by atoms with Crippen LogP contribution in [0.1, 0.15) is 50.4 Å². The highest BCUT2D eigenvalue weighted by Gasteiger charge is 2.25. The number of rotatable bonds is 4. The maximum absolute atomic E-state index is 11.9. The van der Waals surface area contributed by atoms with Crippen LogP contribution < -0.4 is 16.5 Å². The van der Waals surface area contributed by atoms with E-state index in [4.69, 9.17) is 5.73 Å². The van der Waals surface area contributed by atoms with Gasteiger partial charge in [-0.1, -0.05) is 6.42 Å². The first-order chi connectivity index (χ1) is 10.0. The molecule has 0 bridgehead atoms. The third-order valence-corrected chi connectivity index (χ3v) is 4.10. The summed E-state index contributed by atoms with van der Waals surface area (Å²) in [5, 5.41) is 5.06. The van der Waals surface area contributed by atoms with Gasteiger partial charge in [0.25, 0.3) is 5.91 Å². The average Bonchev–Trinajstić information content (AvgIpc) is 2.45. The van der Waals surface area contributed by atoms with Gasteiger partial charge in [-0.2, -0.15) is 0 Å². The van der Waals surface area contributed by atoms with Gasteiger partial charge in [0.2, 0.25) is 0 Å². The molecule has 0 aromatic heterocycles. The molecule has 5 heteroatoms. The molecule has 1 saturated heterocycles. The molecule has 0 spiro atoms. The monoisotopic (exact) mass is 290 g/mol. The zero-order valence-electron chi connectivity index (χ0n) is 13.1. The molecule has 21 heavy (non-hydrogen) atoms. The molecule has 0 saturated carbocycles. The van der Waals surface area contributed by atoms with Crippen molar-refractivity contribution in [2.24, 2.45) is 0 Å². The number of amides is 1. The molecule has 1 aromatic carbocycles. The summed E-state index contributed by atoms with van der Waals surface area (Å²) in [5.41, 5.74) is 11.6. The zero-order valence-corrected chi connectivity index (χ0v) is 13.1. The minimum Gasteiger partial charge on any atom is -0.397 e. The van der Waals surface area contributed by atoms with Gasteiger partial charge in [0.05, 0.1) is 11.4 Å². The zero-order chi connectivity index (χ0) is 15.4. The van der Waals surface area contributed by atoms with Gasteiger partial charge in [0.15, 0.2) is 0 Å². The first kappa shape index (κ1) is 15.6. The van der Waals surface area contributed by atoms with Crippen LogP contribution in [0.25, 0.3) is 0 Å². The van der Waals surface area contributed by atoms with Crippen LogP contribution in [0.2, 0.25) is 0 Å². The lowest BCUT2D eigenvalue weighted by Gasteiger charge is -2.39. The van der Waals surface area contributed by atoms with Crippen molar-refractivity contribution in [1.29, 1.82) is 0 Å². The molecule has 1 aromatic rings. The van der Waals surface area contributed by atoms with Gasteiger partial charge in [-0.15, -0.1) is 0 Å². The minimum atomic E-state index is -0.0692. The average molecular weight is 290 g/mol. The highest BCUT2D eigenvalue weighted by Crippen LogP contribution is 2.27. The Morgan fingerprint density at radius 1 is 1.33 bits per heavy atom. The summed E-state index contributed by atoms with van der Waals surface area (Å²) in [6.45, 7) is 6.95. The van der Waals surface area contributed by atoms with Gasteiger partial charge in [0, 0.05) is 24.2 Å². The molecule has 2 atom stereocenters. The summed E-state index contributed by atoms with van der Waals surface area (Å²) in [4.78, 5) is 11.9. The molecule has 1 aliphatic rings. The lowest BCUT2D eigenvalue weighted by atomic mass is 10.00. The molecule has 2 unspecified atom stereocenters. The number of carbonyl (C=O) groups excluding carboxylic acids is 1. The lowest BCUT2D eigenvalue weighted by Crippen LogP contribution is -2.47. The lowest BCUT2D eigenvalue weighted by molar-refractivity contribution is 0.0956. The molecule has 4 N–H and O–H groups in total. The Hall–Kier alpha value is -1.75. The van der Waals surface area contributed by atoms with E-state index in [0.29, 0.717) is 29.9 Å². The Kier molecular flexibility index (Phi) is 5.07. The minimum absolute atomic E-state index is 0.0692. The first-order valence-electron chi connectivity index (χ1n) is 7.75. The van der Waals surface area contributed by atoms with Crippen LogP contribution in [-0.4, -0.2) is 29.5 Å². The van der Waals surface area contributed by atoms with E-state index >= 15 is 0 Å². The van der Waals surface area contributed by atoms with Crippen molar-refractivity contribution in [3.63, 3.8) is 0 Å². The highest BCUT2D eigenvalue weighted by atomic mass is 16.1. The molecule has 0 aliphatic carbocycles.